The first-order valence-corrected chi connectivity index (χ1v) is 10.1. The Balaban J connectivity index is 1.75. The van der Waals surface area contributed by atoms with Crippen LogP contribution < -0.4 is 10.4 Å². The summed E-state index contributed by atoms with van der Waals surface area (Å²) in [4.78, 5) is 22.9. The van der Waals surface area contributed by atoms with Crippen LogP contribution in [0.25, 0.3) is 22.2 Å². The lowest BCUT2D eigenvalue weighted by atomic mass is 10.1. The number of rotatable bonds is 3. The number of hydrogen-bond acceptors (Lipinski definition) is 5. The number of amides is 1. The van der Waals surface area contributed by atoms with Crippen molar-refractivity contribution in [3.8, 4) is 11.3 Å². The van der Waals surface area contributed by atoms with Crippen molar-refractivity contribution >= 4 is 38.9 Å². The number of alkyl halides is 3. The number of H-pyrrole nitrogens is 1. The number of carbonyl (C=O) groups is 1. The molecule has 3 aromatic rings. The maximum Gasteiger partial charge on any atom is 0.419 e. The normalized spacial score (nSPS) is 17.2. The van der Waals surface area contributed by atoms with Crippen molar-refractivity contribution in [3.63, 3.8) is 0 Å². The second-order valence-corrected chi connectivity index (χ2v) is 8.02. The molecule has 2 N–H and O–H groups in total. The predicted molar refractivity (Wildman–Crippen MR) is 106 cm³/mol. The van der Waals surface area contributed by atoms with Crippen molar-refractivity contribution in [2.45, 2.75) is 25.1 Å². The van der Waals surface area contributed by atoms with Crippen molar-refractivity contribution in [2.24, 2.45) is 0 Å². The quantitative estimate of drug-likeness (QED) is 0.533. The predicted octanol–water partition coefficient (Wildman–Crippen LogP) is 3.76. The van der Waals surface area contributed by atoms with Gasteiger partial charge in [0.15, 0.2) is 0 Å². The minimum Gasteiger partial charge on any atom is -0.530 e. The molecule has 1 amide bonds. The Morgan fingerprint density at radius 3 is 2.84 bits per heavy atom. The zero-order valence-corrected chi connectivity index (χ0v) is 17.3. The maximum atomic E-state index is 14.1. The molecule has 2 aromatic heterocycles. The highest BCUT2D eigenvalue weighted by Crippen LogP contribution is 2.39. The number of nitrogens with one attached hydrogen (secondary N) is 2. The minimum absolute atomic E-state index is 0.0687. The van der Waals surface area contributed by atoms with E-state index in [0.717, 1.165) is 11.0 Å². The van der Waals surface area contributed by atoms with Gasteiger partial charge >= 0.3 is 6.18 Å². The molecular weight excluding hydrogens is 486 g/mol. The lowest BCUT2D eigenvalue weighted by Crippen LogP contribution is -2.50. The Bertz CT molecular complexity index is 1150. The first-order chi connectivity index (χ1) is 14.6. The van der Waals surface area contributed by atoms with Crippen LogP contribution in [0.3, 0.4) is 0 Å². The highest BCUT2D eigenvalue weighted by atomic mass is 79.9. The molecule has 12 heteroatoms. The van der Waals surface area contributed by atoms with E-state index in [9.17, 15) is 27.5 Å². The van der Waals surface area contributed by atoms with E-state index >= 15 is 0 Å². The van der Waals surface area contributed by atoms with Gasteiger partial charge in [0.05, 0.1) is 10.2 Å². The fraction of sp³-hybridized carbons (Fsp3) is 0.316. The molecular formula is C19H15BrF4N5O2-. The smallest absolute Gasteiger partial charge is 0.419 e. The topological polar surface area (TPSA) is 97.0 Å². The Kier molecular flexibility index (Phi) is 5.50. The molecule has 1 aliphatic heterocycles. The third kappa shape index (κ3) is 4.29. The molecule has 1 unspecified atom stereocenters. The van der Waals surface area contributed by atoms with Crippen LogP contribution in [0.5, 0.6) is 0 Å². The van der Waals surface area contributed by atoms with E-state index in [1.54, 1.807) is 0 Å². The molecule has 0 bridgehead atoms. The van der Waals surface area contributed by atoms with Gasteiger partial charge in [0.1, 0.15) is 17.5 Å². The van der Waals surface area contributed by atoms with Crippen LogP contribution in [0.4, 0.5) is 28.3 Å². The first-order valence-electron chi connectivity index (χ1n) is 9.26. The Morgan fingerprint density at radius 1 is 1.35 bits per heavy atom. The van der Waals surface area contributed by atoms with Crippen molar-refractivity contribution in [1.82, 2.24) is 19.9 Å². The Labute approximate surface area is 181 Å². The summed E-state index contributed by atoms with van der Waals surface area (Å²) >= 11 is 3.05. The van der Waals surface area contributed by atoms with Crippen LogP contribution in [0.1, 0.15) is 18.4 Å². The summed E-state index contributed by atoms with van der Waals surface area (Å²) in [5.41, 5.74) is -0.978. The van der Waals surface area contributed by atoms with E-state index in [1.807, 2.05) is 0 Å². The molecule has 0 spiro atoms. The summed E-state index contributed by atoms with van der Waals surface area (Å²) in [5.74, 6) is -0.709. The molecule has 1 fully saturated rings. The molecule has 0 saturated carbocycles. The first kappa shape index (κ1) is 21.3. The number of benzene rings is 1. The number of likely N-dealkylation sites (tertiary alicyclic amines) is 1. The summed E-state index contributed by atoms with van der Waals surface area (Å²) in [5, 5.41) is 14.2. The SMILES string of the molecule is O=C([O-])N1CCCC(Nc2ncc(C(F)(F)F)c(-c3c[nH]c4cc(Br)c(F)cc34)n2)C1. The number of aromatic amines is 1. The van der Waals surface area contributed by atoms with E-state index in [4.69, 9.17) is 0 Å². The van der Waals surface area contributed by atoms with Crippen LogP contribution >= 0.6 is 15.9 Å². The van der Waals surface area contributed by atoms with Crippen LogP contribution in [0, 0.1) is 5.82 Å². The average molecular weight is 501 g/mol. The zero-order valence-electron chi connectivity index (χ0n) is 15.8. The average Bonchev–Trinajstić information content (AvgIpc) is 3.10. The molecule has 1 atom stereocenters. The number of hydrogen-bond donors (Lipinski definition) is 2. The van der Waals surface area contributed by atoms with Gasteiger partial charge < -0.3 is 25.1 Å². The highest BCUT2D eigenvalue weighted by molar-refractivity contribution is 9.10. The van der Waals surface area contributed by atoms with Crippen molar-refractivity contribution in [1.29, 1.82) is 0 Å². The van der Waals surface area contributed by atoms with Gasteiger partial charge in [0.25, 0.3) is 0 Å². The monoisotopic (exact) mass is 500 g/mol. The molecule has 1 aromatic carbocycles. The fourth-order valence-corrected chi connectivity index (χ4v) is 3.96. The van der Waals surface area contributed by atoms with E-state index in [2.05, 4.69) is 36.2 Å². The summed E-state index contributed by atoms with van der Waals surface area (Å²) in [6.45, 7) is 0.435. The van der Waals surface area contributed by atoms with E-state index in [1.165, 1.54) is 12.3 Å². The molecule has 1 saturated heterocycles. The van der Waals surface area contributed by atoms with Gasteiger partial charge in [-0.3, -0.25) is 0 Å². The van der Waals surface area contributed by atoms with Gasteiger partial charge in [0, 0.05) is 48.0 Å². The van der Waals surface area contributed by atoms with E-state index < -0.39 is 29.3 Å². The number of piperidine rings is 1. The van der Waals surface area contributed by atoms with Crippen molar-refractivity contribution < 1.29 is 27.5 Å². The maximum absolute atomic E-state index is 14.1. The fourth-order valence-electron chi connectivity index (χ4n) is 3.62. The number of anilines is 1. The third-order valence-electron chi connectivity index (χ3n) is 5.08. The molecule has 4 rings (SSSR count). The number of nitrogens with zero attached hydrogens (tertiary/aromatic N) is 3. The standard InChI is InChI=1S/C19H16BrF4N5O2/c20-13-5-15-10(4-14(13)21)11(6-25-15)16-12(19(22,23)24)7-26-17(28-16)27-9-2-1-3-29(8-9)18(30)31/h4-7,9,25H,1-3,8H2,(H,30,31)(H,26,27,28)/p-1. The number of halogens is 5. The molecule has 3 heterocycles. The number of aromatic nitrogens is 3. The number of fused-ring (bicyclic) bond motifs is 1. The summed E-state index contributed by atoms with van der Waals surface area (Å²) in [7, 11) is 0. The number of carbonyl (C=O) groups excluding carboxylic acids is 1. The highest BCUT2D eigenvalue weighted by Gasteiger charge is 2.36. The molecule has 0 radical (unpaired) electrons. The van der Waals surface area contributed by atoms with Gasteiger partial charge in [-0.2, -0.15) is 13.2 Å². The summed E-state index contributed by atoms with van der Waals surface area (Å²) in [6.07, 6.45) is -2.89. The van der Waals surface area contributed by atoms with E-state index in [-0.39, 0.29) is 34.0 Å². The lowest BCUT2D eigenvalue weighted by Gasteiger charge is -2.34. The van der Waals surface area contributed by atoms with E-state index in [0.29, 0.717) is 31.1 Å². The Hall–Kier alpha value is -2.89. The third-order valence-corrected chi connectivity index (χ3v) is 5.69. The summed E-state index contributed by atoms with van der Waals surface area (Å²) < 4.78 is 55.2. The zero-order chi connectivity index (χ0) is 22.3. The second kappa shape index (κ2) is 7.98. The van der Waals surface area contributed by atoms with Gasteiger partial charge in [0.2, 0.25) is 5.95 Å². The second-order valence-electron chi connectivity index (χ2n) is 7.16. The van der Waals surface area contributed by atoms with Crippen LogP contribution in [-0.4, -0.2) is 45.1 Å². The van der Waals surface area contributed by atoms with Crippen molar-refractivity contribution in [2.75, 3.05) is 18.4 Å². The molecule has 1 aliphatic rings. The Morgan fingerprint density at radius 2 is 2.13 bits per heavy atom. The lowest BCUT2D eigenvalue weighted by molar-refractivity contribution is -0.266. The summed E-state index contributed by atoms with van der Waals surface area (Å²) in [6, 6.07) is 2.17. The number of carboxylic acid groups (broad SMARTS) is 1. The van der Waals surface area contributed by atoms with Crippen LogP contribution in [0.2, 0.25) is 0 Å². The molecule has 7 nitrogen and oxygen atoms in total. The van der Waals surface area contributed by atoms with Gasteiger partial charge in [-0.1, -0.05) is 0 Å². The van der Waals surface area contributed by atoms with Crippen molar-refractivity contribution in [3.05, 3.63) is 40.4 Å². The van der Waals surface area contributed by atoms with Gasteiger partial charge in [-0.05, 0) is 40.9 Å². The largest absolute Gasteiger partial charge is 0.530 e. The van der Waals surface area contributed by atoms with Crippen LogP contribution in [0.15, 0.2) is 29.0 Å². The van der Waals surface area contributed by atoms with Gasteiger partial charge in [-0.15, -0.1) is 0 Å². The van der Waals surface area contributed by atoms with Gasteiger partial charge in [-0.25, -0.2) is 14.4 Å². The molecule has 164 valence electrons. The molecule has 31 heavy (non-hydrogen) atoms. The molecule has 0 aliphatic carbocycles. The minimum atomic E-state index is -4.73. The van der Waals surface area contributed by atoms with Crippen LogP contribution in [-0.2, 0) is 6.18 Å².